The van der Waals surface area contributed by atoms with E-state index in [1.54, 1.807) is 0 Å². The molecule has 0 bridgehead atoms. The van der Waals surface area contributed by atoms with E-state index in [0.717, 1.165) is 23.1 Å². The van der Waals surface area contributed by atoms with Crippen molar-refractivity contribution in [3.05, 3.63) is 34.8 Å². The van der Waals surface area contributed by atoms with Gasteiger partial charge in [-0.15, -0.1) is 10.2 Å². The average Bonchev–Trinajstić information content (AvgIpc) is 3.17. The minimum atomic E-state index is -4.73. The summed E-state index contributed by atoms with van der Waals surface area (Å²) in [7, 11) is -4.29. The second-order valence-corrected chi connectivity index (χ2v) is 11.2. The normalized spacial score (nSPS) is 18.2. The molecule has 3 rings (SSSR count). The molecule has 1 amide bonds. The molecule has 1 aromatic heterocycles. The third-order valence-corrected chi connectivity index (χ3v) is 9.04. The lowest BCUT2D eigenvalue weighted by atomic mass is 9.85. The number of halogens is 6. The Hall–Kier alpha value is -2.22. The predicted molar refractivity (Wildman–Crippen MR) is 109 cm³/mol. The first-order chi connectivity index (χ1) is 14.5. The number of rotatable bonds is 4. The topological polar surface area (TPSA) is 80.2 Å². The lowest BCUT2D eigenvalue weighted by Crippen LogP contribution is -2.48. The molecule has 1 atom stereocenters. The van der Waals surface area contributed by atoms with Crippen LogP contribution in [0.25, 0.3) is 0 Å². The summed E-state index contributed by atoms with van der Waals surface area (Å²) in [5.41, 5.74) is -1.11. The van der Waals surface area contributed by atoms with E-state index in [2.05, 4.69) is 10.2 Å². The standard InChI is InChI=1S/C18H17F6N3O3S2.CH4/c1-16(2,32(29,30)12-5-3-4-11(8-12)17(19,20)21)10-6-7-27(13(28)9-10)15-26-25-14(31-15)18(22,23)24;/h3-5,8,10H,6-7,9H2,1-2H3;1H4/t10-;/m1./s1. The van der Waals surface area contributed by atoms with Gasteiger partial charge in [-0.1, -0.05) is 24.8 Å². The van der Waals surface area contributed by atoms with Crippen LogP contribution in [-0.4, -0.2) is 35.8 Å². The molecule has 1 saturated heterocycles. The van der Waals surface area contributed by atoms with E-state index >= 15 is 0 Å². The van der Waals surface area contributed by atoms with Gasteiger partial charge in [-0.25, -0.2) is 8.42 Å². The van der Waals surface area contributed by atoms with Crippen molar-refractivity contribution in [2.24, 2.45) is 5.92 Å². The molecule has 0 N–H and O–H groups in total. The number of piperidine rings is 1. The predicted octanol–water partition coefficient (Wildman–Crippen LogP) is 5.21. The van der Waals surface area contributed by atoms with E-state index in [-0.39, 0.29) is 43.3 Å². The number of aromatic nitrogens is 2. The van der Waals surface area contributed by atoms with Gasteiger partial charge < -0.3 is 0 Å². The van der Waals surface area contributed by atoms with Crippen molar-refractivity contribution in [2.75, 3.05) is 11.4 Å². The molecule has 184 valence electrons. The van der Waals surface area contributed by atoms with Gasteiger partial charge in [0.1, 0.15) is 0 Å². The molecule has 6 nitrogen and oxygen atoms in total. The molecule has 1 fully saturated rings. The maximum atomic E-state index is 13.2. The molecule has 0 radical (unpaired) electrons. The fourth-order valence-electron chi connectivity index (χ4n) is 3.43. The zero-order chi connectivity index (χ0) is 24.1. The van der Waals surface area contributed by atoms with Gasteiger partial charge in [0.2, 0.25) is 16.0 Å². The Morgan fingerprint density at radius 2 is 1.70 bits per heavy atom. The lowest BCUT2D eigenvalue weighted by molar-refractivity contribution is -0.138. The summed E-state index contributed by atoms with van der Waals surface area (Å²) in [6.45, 7) is 2.54. The third kappa shape index (κ3) is 5.15. The van der Waals surface area contributed by atoms with Crippen molar-refractivity contribution in [1.82, 2.24) is 10.2 Å². The minimum absolute atomic E-state index is 0. The van der Waals surface area contributed by atoms with Crippen molar-refractivity contribution in [1.29, 1.82) is 0 Å². The van der Waals surface area contributed by atoms with Crippen LogP contribution in [0, 0.1) is 5.92 Å². The molecule has 0 spiro atoms. The number of hydrogen-bond donors (Lipinski definition) is 0. The van der Waals surface area contributed by atoms with Gasteiger partial charge in [-0.05, 0) is 44.4 Å². The Balaban J connectivity index is 0.00000385. The fourth-order valence-corrected chi connectivity index (χ4v) is 5.97. The Morgan fingerprint density at radius 3 is 2.21 bits per heavy atom. The number of benzene rings is 1. The summed E-state index contributed by atoms with van der Waals surface area (Å²) in [6, 6.07) is 3.36. The lowest BCUT2D eigenvalue weighted by Gasteiger charge is -2.38. The Morgan fingerprint density at radius 1 is 1.06 bits per heavy atom. The molecule has 2 heterocycles. The van der Waals surface area contributed by atoms with Gasteiger partial charge in [0, 0.05) is 13.0 Å². The largest absolute Gasteiger partial charge is 0.445 e. The molecule has 0 aliphatic carbocycles. The highest BCUT2D eigenvalue weighted by molar-refractivity contribution is 7.92. The Labute approximate surface area is 190 Å². The first-order valence-corrected chi connectivity index (χ1v) is 11.5. The highest BCUT2D eigenvalue weighted by atomic mass is 32.2. The van der Waals surface area contributed by atoms with Crippen molar-refractivity contribution in [3.63, 3.8) is 0 Å². The summed E-state index contributed by atoms with van der Waals surface area (Å²) in [5.74, 6) is -1.42. The maximum Gasteiger partial charge on any atom is 0.445 e. The second kappa shape index (κ2) is 8.85. The fraction of sp³-hybridized carbons (Fsp3) is 0.526. The number of carbonyl (C=O) groups is 1. The van der Waals surface area contributed by atoms with Crippen LogP contribution < -0.4 is 4.90 Å². The van der Waals surface area contributed by atoms with Crippen molar-refractivity contribution >= 4 is 32.2 Å². The van der Waals surface area contributed by atoms with Crippen molar-refractivity contribution in [2.45, 2.75) is 56.1 Å². The van der Waals surface area contributed by atoms with Gasteiger partial charge >= 0.3 is 12.4 Å². The molecule has 2 aromatic rings. The molecular weight excluding hydrogens is 496 g/mol. The van der Waals surface area contributed by atoms with E-state index in [0.29, 0.717) is 6.07 Å². The monoisotopic (exact) mass is 517 g/mol. The second-order valence-electron chi connectivity index (χ2n) is 7.76. The third-order valence-electron chi connectivity index (χ3n) is 5.46. The van der Waals surface area contributed by atoms with E-state index in [1.165, 1.54) is 13.8 Å². The summed E-state index contributed by atoms with van der Waals surface area (Å²) in [4.78, 5) is 13.1. The van der Waals surface area contributed by atoms with Crippen LogP contribution in [0.2, 0.25) is 0 Å². The van der Waals surface area contributed by atoms with Crippen LogP contribution >= 0.6 is 11.3 Å². The van der Waals surface area contributed by atoms with Crippen molar-refractivity contribution < 1.29 is 39.6 Å². The van der Waals surface area contributed by atoms with Gasteiger partial charge in [-0.2, -0.15) is 26.3 Å². The number of hydrogen-bond acceptors (Lipinski definition) is 6. The Bertz CT molecular complexity index is 1130. The summed E-state index contributed by atoms with van der Waals surface area (Å²) in [5, 5.41) is 4.97. The molecular formula is C19H21F6N3O3S2. The SMILES string of the molecule is C.CC(C)([C@@H]1CCN(c2nnc(C(F)(F)F)s2)C(=O)C1)S(=O)(=O)c1cccc(C(F)(F)F)c1. The van der Waals surface area contributed by atoms with Crippen LogP contribution in [0.1, 0.15) is 44.7 Å². The summed E-state index contributed by atoms with van der Waals surface area (Å²) < 4.78 is 102. The van der Waals surface area contributed by atoms with E-state index in [4.69, 9.17) is 0 Å². The summed E-state index contributed by atoms with van der Waals surface area (Å²) >= 11 is 0.198. The average molecular weight is 518 g/mol. The number of anilines is 1. The van der Waals surface area contributed by atoms with Crippen LogP contribution in [0.3, 0.4) is 0 Å². The summed E-state index contributed by atoms with van der Waals surface area (Å²) in [6.07, 6.45) is -9.67. The Kier molecular flexibility index (Phi) is 7.25. The number of nitrogens with zero attached hydrogens (tertiary/aromatic N) is 3. The van der Waals surface area contributed by atoms with Crippen LogP contribution in [0.15, 0.2) is 29.2 Å². The minimum Gasteiger partial charge on any atom is -0.287 e. The molecule has 0 unspecified atom stereocenters. The molecule has 14 heteroatoms. The number of amides is 1. The number of alkyl halides is 6. The quantitative estimate of drug-likeness (QED) is 0.521. The molecule has 33 heavy (non-hydrogen) atoms. The number of sulfone groups is 1. The first-order valence-electron chi connectivity index (χ1n) is 9.18. The number of carbonyl (C=O) groups excluding carboxylic acids is 1. The smallest absolute Gasteiger partial charge is 0.287 e. The zero-order valence-electron chi connectivity index (χ0n) is 16.7. The van der Waals surface area contributed by atoms with Crippen molar-refractivity contribution in [3.8, 4) is 0 Å². The van der Waals surface area contributed by atoms with Gasteiger partial charge in [0.15, 0.2) is 9.84 Å². The maximum absolute atomic E-state index is 13.2. The molecule has 1 aliphatic rings. The van der Waals surface area contributed by atoms with Crippen LogP contribution in [0.4, 0.5) is 31.5 Å². The van der Waals surface area contributed by atoms with E-state index < -0.39 is 54.2 Å². The van der Waals surface area contributed by atoms with Crippen LogP contribution in [-0.2, 0) is 27.0 Å². The van der Waals surface area contributed by atoms with Gasteiger partial charge in [0.25, 0.3) is 0 Å². The van der Waals surface area contributed by atoms with Gasteiger partial charge in [0.05, 0.1) is 15.2 Å². The zero-order valence-corrected chi connectivity index (χ0v) is 18.3. The highest BCUT2D eigenvalue weighted by Gasteiger charge is 2.47. The van der Waals surface area contributed by atoms with E-state index in [9.17, 15) is 39.6 Å². The van der Waals surface area contributed by atoms with Crippen LogP contribution in [0.5, 0.6) is 0 Å². The molecule has 0 saturated carbocycles. The first kappa shape index (κ1) is 27.0. The van der Waals surface area contributed by atoms with Gasteiger partial charge in [-0.3, -0.25) is 9.69 Å². The molecule has 1 aliphatic heterocycles. The van der Waals surface area contributed by atoms with E-state index in [1.807, 2.05) is 0 Å². The molecule has 1 aromatic carbocycles. The highest BCUT2D eigenvalue weighted by Crippen LogP contribution is 2.41.